The normalized spacial score (nSPS) is 22.4. The van der Waals surface area contributed by atoms with Gasteiger partial charge in [-0.25, -0.2) is 0 Å². The number of β-lactam (4-membered cyclic amide) rings is 1. The van der Waals surface area contributed by atoms with Gasteiger partial charge in [0.15, 0.2) is 0 Å². The molecule has 4 rings (SSSR count). The minimum Gasteiger partial charge on any atom is -0.548 e. The first kappa shape index (κ1) is 28.4. The van der Waals surface area contributed by atoms with E-state index in [2.05, 4.69) is 10.5 Å². The zero-order valence-corrected chi connectivity index (χ0v) is 21.3. The SMILES string of the molecule is Cc1onc(-c2ccccc2Cl)c1C(=O)N[C@@H]1C(=O)N2[C@@H]1SC(C)(C)[C@@H]2C(=O)[O-].O.O.[Na+]. The number of carbonyl (C=O) groups excluding carboxylic acids is 3. The molecule has 3 heterocycles. The van der Waals surface area contributed by atoms with Gasteiger partial charge < -0.3 is 35.6 Å². The molecule has 2 fully saturated rings. The Bertz CT molecular complexity index is 1050. The molecule has 0 spiro atoms. The van der Waals surface area contributed by atoms with Gasteiger partial charge in [-0.3, -0.25) is 9.59 Å². The van der Waals surface area contributed by atoms with Gasteiger partial charge in [-0.05, 0) is 26.8 Å². The second kappa shape index (κ2) is 10.1. The molecule has 0 bridgehead atoms. The van der Waals surface area contributed by atoms with Gasteiger partial charge >= 0.3 is 29.6 Å². The Morgan fingerprint density at radius 3 is 2.50 bits per heavy atom. The molecule has 10 nitrogen and oxygen atoms in total. The standard InChI is InChI=1S/C19H18ClN3O5S.Na.2H2O/c1-8-11(12(22-28-8)9-6-4-5-7-10(9)20)15(24)21-13-16(25)23-14(18(26)27)19(2,3)29-17(13)23;;;/h4-7,13-14,17H,1-3H3,(H,21,24)(H,26,27);;2*1H2/q;+1;;/p-1/t13-,14+,17-;;;/m1.../s1. The number of amides is 2. The van der Waals surface area contributed by atoms with E-state index in [-0.39, 0.29) is 57.5 Å². The number of aromatic nitrogens is 1. The Hall–Kier alpha value is -1.60. The molecule has 2 aliphatic rings. The van der Waals surface area contributed by atoms with Gasteiger partial charge in [-0.1, -0.05) is 35.0 Å². The monoisotopic (exact) mass is 493 g/mol. The number of carboxylic acid groups (broad SMARTS) is 1. The van der Waals surface area contributed by atoms with Crippen LogP contribution in [0.25, 0.3) is 11.3 Å². The number of rotatable bonds is 4. The average molecular weight is 494 g/mol. The smallest absolute Gasteiger partial charge is 0.548 e. The number of aliphatic carboxylic acids is 1. The molecule has 3 atom stereocenters. The van der Waals surface area contributed by atoms with Crippen LogP contribution in [0.1, 0.15) is 30.0 Å². The quantitative estimate of drug-likeness (QED) is 0.340. The Morgan fingerprint density at radius 2 is 1.91 bits per heavy atom. The van der Waals surface area contributed by atoms with Crippen LogP contribution in [-0.2, 0) is 9.59 Å². The van der Waals surface area contributed by atoms with Crippen LogP contribution in [0, 0.1) is 6.92 Å². The predicted molar refractivity (Wildman–Crippen MR) is 111 cm³/mol. The van der Waals surface area contributed by atoms with E-state index in [1.165, 1.54) is 16.7 Å². The van der Waals surface area contributed by atoms with E-state index in [0.717, 1.165) is 0 Å². The molecule has 168 valence electrons. The summed E-state index contributed by atoms with van der Waals surface area (Å²) < 4.78 is 4.47. The summed E-state index contributed by atoms with van der Waals surface area (Å²) in [5, 5.41) is 18.1. The van der Waals surface area contributed by atoms with Crippen molar-refractivity contribution in [2.24, 2.45) is 0 Å². The van der Waals surface area contributed by atoms with Gasteiger partial charge in [0.05, 0.1) is 17.0 Å². The van der Waals surface area contributed by atoms with Crippen LogP contribution in [0.3, 0.4) is 0 Å². The van der Waals surface area contributed by atoms with E-state index in [1.54, 1.807) is 45.0 Å². The molecule has 2 aliphatic heterocycles. The number of hydrogen-bond donors (Lipinski definition) is 1. The fourth-order valence-corrected chi connectivity index (χ4v) is 5.66. The number of carbonyl (C=O) groups is 3. The molecule has 1 aromatic heterocycles. The van der Waals surface area contributed by atoms with E-state index in [0.29, 0.717) is 10.6 Å². The number of nitrogens with zero attached hydrogens (tertiary/aromatic N) is 2. The molecule has 2 saturated heterocycles. The van der Waals surface area contributed by atoms with Crippen LogP contribution < -0.4 is 40.0 Å². The van der Waals surface area contributed by atoms with Gasteiger partial charge in [0.25, 0.3) is 5.91 Å². The van der Waals surface area contributed by atoms with Crippen molar-refractivity contribution in [2.45, 2.75) is 43.0 Å². The zero-order valence-electron chi connectivity index (χ0n) is 17.8. The van der Waals surface area contributed by atoms with Crippen LogP contribution in [0.2, 0.25) is 5.02 Å². The maximum Gasteiger partial charge on any atom is 1.00 e. The number of fused-ring (bicyclic) bond motifs is 1. The van der Waals surface area contributed by atoms with Crippen molar-refractivity contribution < 1.29 is 64.5 Å². The molecular weight excluding hydrogens is 473 g/mol. The summed E-state index contributed by atoms with van der Waals surface area (Å²) in [6, 6.07) is 5.02. The summed E-state index contributed by atoms with van der Waals surface area (Å²) >= 11 is 7.54. The third kappa shape index (κ3) is 4.43. The van der Waals surface area contributed by atoms with Gasteiger partial charge in [-0.2, -0.15) is 0 Å². The number of thioether (sulfide) groups is 1. The summed E-state index contributed by atoms with van der Waals surface area (Å²) in [5.74, 6) is -2.01. The molecule has 13 heteroatoms. The Balaban J connectivity index is 0.00000171. The Labute approximate surface area is 214 Å². The van der Waals surface area contributed by atoms with Crippen molar-refractivity contribution >= 4 is 41.1 Å². The molecule has 2 amide bonds. The van der Waals surface area contributed by atoms with E-state index >= 15 is 0 Å². The van der Waals surface area contributed by atoms with E-state index in [9.17, 15) is 19.5 Å². The van der Waals surface area contributed by atoms with Gasteiger partial charge in [0.2, 0.25) is 5.91 Å². The first-order chi connectivity index (χ1) is 13.6. The van der Waals surface area contributed by atoms with Crippen LogP contribution in [0.4, 0.5) is 0 Å². The van der Waals surface area contributed by atoms with E-state index in [4.69, 9.17) is 16.1 Å². The van der Waals surface area contributed by atoms with Crippen molar-refractivity contribution in [3.8, 4) is 11.3 Å². The first-order valence-corrected chi connectivity index (χ1v) is 10.1. The van der Waals surface area contributed by atoms with Crippen molar-refractivity contribution in [1.29, 1.82) is 0 Å². The van der Waals surface area contributed by atoms with E-state index < -0.39 is 40.0 Å². The minimum absolute atomic E-state index is 0. The van der Waals surface area contributed by atoms with Crippen molar-refractivity contribution in [3.63, 3.8) is 0 Å². The van der Waals surface area contributed by atoms with Crippen LogP contribution >= 0.6 is 23.4 Å². The number of halogens is 1. The molecule has 2 aromatic rings. The summed E-state index contributed by atoms with van der Waals surface area (Å²) in [6.07, 6.45) is 0. The second-order valence-corrected chi connectivity index (χ2v) is 9.65. The number of aryl methyl sites for hydroxylation is 1. The van der Waals surface area contributed by atoms with Crippen molar-refractivity contribution in [2.75, 3.05) is 0 Å². The molecular formula is C19H21ClN3NaO7S. The fraction of sp³-hybridized carbons (Fsp3) is 0.368. The first-order valence-electron chi connectivity index (χ1n) is 8.86. The average Bonchev–Trinajstić information content (AvgIpc) is 3.15. The maximum absolute atomic E-state index is 13.0. The van der Waals surface area contributed by atoms with Crippen LogP contribution in [0.5, 0.6) is 0 Å². The molecule has 5 N–H and O–H groups in total. The number of hydrogen-bond acceptors (Lipinski definition) is 7. The van der Waals surface area contributed by atoms with Crippen LogP contribution in [0.15, 0.2) is 28.8 Å². The fourth-order valence-electron chi connectivity index (χ4n) is 3.82. The molecule has 0 aliphatic carbocycles. The Kier molecular flexibility index (Phi) is 8.99. The largest absolute Gasteiger partial charge is 1.00 e. The zero-order chi connectivity index (χ0) is 21.1. The van der Waals surface area contributed by atoms with Crippen molar-refractivity contribution in [1.82, 2.24) is 15.4 Å². The second-order valence-electron chi connectivity index (χ2n) is 7.47. The Morgan fingerprint density at radius 1 is 1.28 bits per heavy atom. The predicted octanol–water partition coefficient (Wildman–Crippen LogP) is -3.43. The number of benzene rings is 1. The minimum atomic E-state index is -1.31. The van der Waals surface area contributed by atoms with Gasteiger partial charge in [0, 0.05) is 10.3 Å². The molecule has 1 aromatic carbocycles. The van der Waals surface area contributed by atoms with Crippen molar-refractivity contribution in [3.05, 3.63) is 40.6 Å². The van der Waals surface area contributed by atoms with Gasteiger partial charge in [0.1, 0.15) is 28.4 Å². The van der Waals surface area contributed by atoms with E-state index in [1.807, 2.05) is 0 Å². The third-order valence-corrected chi connectivity index (χ3v) is 7.07. The summed E-state index contributed by atoms with van der Waals surface area (Å²) in [6.45, 7) is 5.07. The van der Waals surface area contributed by atoms with Gasteiger partial charge in [-0.15, -0.1) is 11.8 Å². The number of carboxylic acids is 1. The molecule has 0 radical (unpaired) electrons. The summed E-state index contributed by atoms with van der Waals surface area (Å²) in [5.41, 5.74) is 0.996. The molecule has 32 heavy (non-hydrogen) atoms. The van der Waals surface area contributed by atoms with Crippen LogP contribution in [-0.4, -0.2) is 61.0 Å². The molecule has 0 unspecified atom stereocenters. The summed E-state index contributed by atoms with van der Waals surface area (Å²) in [4.78, 5) is 38.3. The maximum atomic E-state index is 13.0. The molecule has 0 saturated carbocycles. The third-order valence-electron chi connectivity index (χ3n) is 5.17. The summed E-state index contributed by atoms with van der Waals surface area (Å²) in [7, 11) is 0. The number of nitrogens with one attached hydrogen (secondary N) is 1. The topological polar surface area (TPSA) is 179 Å².